The lowest BCUT2D eigenvalue weighted by Crippen LogP contribution is -2.38. The summed E-state index contributed by atoms with van der Waals surface area (Å²) in [7, 11) is 0. The van der Waals surface area contributed by atoms with Gasteiger partial charge in [-0.25, -0.2) is 19.7 Å². The molecule has 0 radical (unpaired) electrons. The fraction of sp³-hybridized carbons (Fsp3) is 0.556. The molecule has 1 amide bonds. The molecule has 6 nitrogen and oxygen atoms in total. The quantitative estimate of drug-likeness (QED) is 0.786. The Labute approximate surface area is 97.6 Å². The topological polar surface area (TPSA) is 68.2 Å². The summed E-state index contributed by atoms with van der Waals surface area (Å²) < 4.78 is 4.98. The van der Waals surface area contributed by atoms with Crippen molar-refractivity contribution in [2.75, 3.05) is 11.5 Å². The van der Waals surface area contributed by atoms with Gasteiger partial charge < -0.3 is 4.74 Å². The normalized spacial score (nSPS) is 20.4. The van der Waals surface area contributed by atoms with Crippen LogP contribution < -0.4 is 4.90 Å². The molecule has 1 saturated heterocycles. The third-order valence-corrected chi connectivity index (χ3v) is 2.60. The lowest BCUT2D eigenvalue weighted by Gasteiger charge is -2.21. The van der Waals surface area contributed by atoms with Crippen molar-refractivity contribution in [2.24, 2.45) is 5.92 Å². The molecule has 1 aromatic heterocycles. The Balaban J connectivity index is 2.33. The fourth-order valence-corrected chi connectivity index (χ4v) is 1.66. The highest BCUT2D eigenvalue weighted by Crippen LogP contribution is 2.24. The van der Waals surface area contributed by atoms with Crippen LogP contribution in [-0.2, 0) is 4.74 Å². The first-order chi connectivity index (χ1) is 7.59. The summed E-state index contributed by atoms with van der Waals surface area (Å²) in [6.07, 6.45) is 0.828. The van der Waals surface area contributed by atoms with Gasteiger partial charge in [-0.1, -0.05) is 13.8 Å². The molecular formula is C9H11ClN4O2. The Morgan fingerprint density at radius 2 is 2.31 bits per heavy atom. The average Bonchev–Trinajstić information content (AvgIpc) is 2.60. The highest BCUT2D eigenvalue weighted by Gasteiger charge is 2.37. The Hall–Kier alpha value is -1.43. The number of aromatic nitrogens is 3. The molecule has 1 atom stereocenters. The van der Waals surface area contributed by atoms with Crippen LogP contribution in [0.5, 0.6) is 0 Å². The minimum Gasteiger partial charge on any atom is -0.447 e. The van der Waals surface area contributed by atoms with Gasteiger partial charge in [0.15, 0.2) is 0 Å². The highest BCUT2D eigenvalue weighted by atomic mass is 35.5. The van der Waals surface area contributed by atoms with Crippen molar-refractivity contribution < 1.29 is 9.53 Å². The molecule has 0 aliphatic carbocycles. The van der Waals surface area contributed by atoms with E-state index in [0.717, 1.165) is 0 Å². The molecule has 86 valence electrons. The monoisotopic (exact) mass is 242 g/mol. The molecule has 0 aromatic carbocycles. The van der Waals surface area contributed by atoms with Gasteiger partial charge in [0.2, 0.25) is 11.2 Å². The number of ether oxygens (including phenoxy) is 1. The number of carbonyl (C=O) groups is 1. The lowest BCUT2D eigenvalue weighted by molar-refractivity contribution is 0.177. The maximum Gasteiger partial charge on any atom is 0.417 e. The summed E-state index contributed by atoms with van der Waals surface area (Å²) in [5.74, 6) is 0.489. The minimum atomic E-state index is -0.444. The summed E-state index contributed by atoms with van der Waals surface area (Å²) in [4.78, 5) is 24.5. The van der Waals surface area contributed by atoms with Gasteiger partial charge >= 0.3 is 6.09 Å². The van der Waals surface area contributed by atoms with Crippen LogP contribution in [0.15, 0.2) is 6.33 Å². The molecule has 0 N–H and O–H groups in total. The molecule has 0 saturated carbocycles. The van der Waals surface area contributed by atoms with Crippen LogP contribution in [0.3, 0.4) is 0 Å². The van der Waals surface area contributed by atoms with Crippen molar-refractivity contribution in [3.05, 3.63) is 11.6 Å². The maximum atomic E-state index is 11.6. The van der Waals surface area contributed by atoms with Crippen LogP contribution in [0.2, 0.25) is 5.28 Å². The summed E-state index contributed by atoms with van der Waals surface area (Å²) in [6.45, 7) is 4.35. The van der Waals surface area contributed by atoms with Gasteiger partial charge in [-0.2, -0.15) is 4.98 Å². The number of rotatable bonds is 2. The predicted molar refractivity (Wildman–Crippen MR) is 57.3 cm³/mol. The zero-order chi connectivity index (χ0) is 11.7. The standard InChI is InChI=1S/C9H11ClN4O2/c1-5(2)6-3-16-9(15)14(6)8-12-4-11-7(10)13-8/h4-6H,3H2,1-2H3. The summed E-state index contributed by atoms with van der Waals surface area (Å²) in [5.41, 5.74) is 0. The molecular weight excluding hydrogens is 232 g/mol. The molecule has 7 heteroatoms. The molecule has 1 aliphatic rings. The van der Waals surface area contributed by atoms with Gasteiger partial charge in [0, 0.05) is 0 Å². The van der Waals surface area contributed by atoms with Crippen LogP contribution in [0, 0.1) is 5.92 Å². The van der Waals surface area contributed by atoms with E-state index in [9.17, 15) is 4.79 Å². The molecule has 2 heterocycles. The first-order valence-corrected chi connectivity index (χ1v) is 5.28. The van der Waals surface area contributed by atoms with Crippen molar-refractivity contribution in [1.29, 1.82) is 0 Å². The van der Waals surface area contributed by atoms with E-state index < -0.39 is 6.09 Å². The Kier molecular flexibility index (Phi) is 2.91. The highest BCUT2D eigenvalue weighted by molar-refractivity contribution is 6.28. The van der Waals surface area contributed by atoms with E-state index >= 15 is 0 Å². The van der Waals surface area contributed by atoms with Crippen molar-refractivity contribution >= 4 is 23.6 Å². The van der Waals surface area contributed by atoms with Gasteiger partial charge in [0.1, 0.15) is 12.9 Å². The van der Waals surface area contributed by atoms with E-state index in [2.05, 4.69) is 15.0 Å². The number of hydrogen-bond donors (Lipinski definition) is 0. The first-order valence-electron chi connectivity index (χ1n) is 4.90. The number of cyclic esters (lactones) is 1. The van der Waals surface area contributed by atoms with Crippen molar-refractivity contribution in [3.63, 3.8) is 0 Å². The molecule has 1 unspecified atom stereocenters. The third-order valence-electron chi connectivity index (χ3n) is 2.42. The van der Waals surface area contributed by atoms with Crippen LogP contribution in [0.25, 0.3) is 0 Å². The Morgan fingerprint density at radius 1 is 1.56 bits per heavy atom. The summed E-state index contributed by atoms with van der Waals surface area (Å²) >= 11 is 5.66. The summed E-state index contributed by atoms with van der Waals surface area (Å²) in [6, 6.07) is -0.0639. The molecule has 1 aromatic rings. The van der Waals surface area contributed by atoms with Crippen LogP contribution in [0.1, 0.15) is 13.8 Å². The second-order valence-corrected chi connectivity index (χ2v) is 4.15. The molecule has 0 bridgehead atoms. The van der Waals surface area contributed by atoms with Crippen molar-refractivity contribution in [2.45, 2.75) is 19.9 Å². The second kappa shape index (κ2) is 4.21. The van der Waals surface area contributed by atoms with E-state index in [4.69, 9.17) is 16.3 Å². The molecule has 1 aliphatic heterocycles. The maximum absolute atomic E-state index is 11.6. The van der Waals surface area contributed by atoms with Crippen LogP contribution in [0.4, 0.5) is 10.7 Å². The zero-order valence-electron chi connectivity index (χ0n) is 8.92. The van der Waals surface area contributed by atoms with Gasteiger partial charge in [0.05, 0.1) is 6.04 Å². The van der Waals surface area contributed by atoms with Crippen molar-refractivity contribution in [1.82, 2.24) is 15.0 Å². The number of nitrogens with zero attached hydrogens (tertiary/aromatic N) is 4. The van der Waals surface area contributed by atoms with E-state index in [0.29, 0.717) is 6.61 Å². The number of anilines is 1. The molecule has 2 rings (SSSR count). The predicted octanol–water partition coefficient (Wildman–Crippen LogP) is 1.51. The Bertz CT molecular complexity index is 412. The smallest absolute Gasteiger partial charge is 0.417 e. The molecule has 1 fully saturated rings. The summed E-state index contributed by atoms with van der Waals surface area (Å²) in [5, 5.41) is 0.0622. The fourth-order valence-electron chi connectivity index (χ4n) is 1.54. The average molecular weight is 243 g/mol. The van der Waals surface area contributed by atoms with Gasteiger partial charge in [-0.15, -0.1) is 0 Å². The van der Waals surface area contributed by atoms with Crippen LogP contribution in [-0.4, -0.2) is 33.7 Å². The van der Waals surface area contributed by atoms with Gasteiger partial charge in [-0.3, -0.25) is 0 Å². The number of halogens is 1. The molecule has 0 spiro atoms. The largest absolute Gasteiger partial charge is 0.447 e. The van der Waals surface area contributed by atoms with E-state index in [1.807, 2.05) is 13.8 Å². The van der Waals surface area contributed by atoms with Crippen molar-refractivity contribution in [3.8, 4) is 0 Å². The number of hydrogen-bond acceptors (Lipinski definition) is 5. The third kappa shape index (κ3) is 1.92. The van der Waals surface area contributed by atoms with Crippen LogP contribution >= 0.6 is 11.6 Å². The van der Waals surface area contributed by atoms with E-state index in [1.165, 1.54) is 11.2 Å². The minimum absolute atomic E-state index is 0.0622. The number of carbonyl (C=O) groups excluding carboxylic acids is 1. The Morgan fingerprint density at radius 3 is 2.94 bits per heavy atom. The lowest BCUT2D eigenvalue weighted by atomic mass is 10.1. The SMILES string of the molecule is CC(C)C1COC(=O)N1c1ncnc(Cl)n1. The second-order valence-electron chi connectivity index (χ2n) is 3.81. The van der Waals surface area contributed by atoms with Gasteiger partial charge in [0.25, 0.3) is 0 Å². The first kappa shape index (κ1) is 11.1. The van der Waals surface area contributed by atoms with Gasteiger partial charge in [-0.05, 0) is 17.5 Å². The molecule has 16 heavy (non-hydrogen) atoms. The number of amides is 1. The van der Waals surface area contributed by atoms with E-state index in [-0.39, 0.29) is 23.2 Å². The zero-order valence-corrected chi connectivity index (χ0v) is 9.68. The van der Waals surface area contributed by atoms with E-state index in [1.54, 1.807) is 0 Å².